The Bertz CT molecular complexity index is 381. The van der Waals surface area contributed by atoms with Gasteiger partial charge in [-0.3, -0.25) is 4.79 Å². The van der Waals surface area contributed by atoms with Crippen molar-refractivity contribution in [1.82, 2.24) is 0 Å². The van der Waals surface area contributed by atoms with Crippen molar-refractivity contribution in [3.05, 3.63) is 30.3 Å². The average Bonchev–Trinajstić information content (AvgIpc) is 2.38. The van der Waals surface area contributed by atoms with E-state index in [2.05, 4.69) is 13.0 Å². The van der Waals surface area contributed by atoms with Gasteiger partial charge in [0.15, 0.2) is 0 Å². The van der Waals surface area contributed by atoms with Crippen LogP contribution in [0.2, 0.25) is 0 Å². The van der Waals surface area contributed by atoms with E-state index >= 15 is 0 Å². The second-order valence-corrected chi connectivity index (χ2v) is 3.89. The number of nitriles is 1. The normalized spacial score (nSPS) is 9.65. The Balaban J connectivity index is 2.74. The maximum Gasteiger partial charge on any atom is 0.227 e. The van der Waals surface area contributed by atoms with Gasteiger partial charge < -0.3 is 4.90 Å². The summed E-state index contributed by atoms with van der Waals surface area (Å²) in [7, 11) is 0. The zero-order valence-corrected chi connectivity index (χ0v) is 10.2. The fourth-order valence-electron chi connectivity index (χ4n) is 1.63. The van der Waals surface area contributed by atoms with Crippen molar-refractivity contribution in [2.45, 2.75) is 32.6 Å². The van der Waals surface area contributed by atoms with Gasteiger partial charge in [-0.25, -0.2) is 0 Å². The summed E-state index contributed by atoms with van der Waals surface area (Å²) in [5.41, 5.74) is 0.879. The Kier molecular flexibility index (Phi) is 5.81. The fourth-order valence-corrected chi connectivity index (χ4v) is 1.63. The summed E-state index contributed by atoms with van der Waals surface area (Å²) in [4.78, 5) is 13.7. The van der Waals surface area contributed by atoms with Gasteiger partial charge in [0.25, 0.3) is 0 Å². The molecule has 0 aliphatic heterocycles. The number of benzene rings is 1. The molecule has 0 fully saturated rings. The molecule has 0 aliphatic rings. The van der Waals surface area contributed by atoms with Crippen LogP contribution in [0.25, 0.3) is 0 Å². The molecule has 1 rings (SSSR count). The highest BCUT2D eigenvalue weighted by Gasteiger charge is 2.14. The summed E-state index contributed by atoms with van der Waals surface area (Å²) < 4.78 is 0. The number of hydrogen-bond donors (Lipinski definition) is 0. The number of carbonyl (C=O) groups is 1. The van der Waals surface area contributed by atoms with Crippen molar-refractivity contribution < 1.29 is 4.79 Å². The molecule has 0 N–H and O–H groups in total. The molecule has 0 bridgehead atoms. The molecule has 0 spiro atoms. The second kappa shape index (κ2) is 7.45. The third kappa shape index (κ3) is 4.28. The smallest absolute Gasteiger partial charge is 0.227 e. The number of unbranched alkanes of at least 4 members (excludes halogenated alkanes) is 1. The van der Waals surface area contributed by atoms with Crippen molar-refractivity contribution in [1.29, 1.82) is 5.26 Å². The molecule has 0 saturated heterocycles. The summed E-state index contributed by atoms with van der Waals surface area (Å²) in [5.74, 6) is 0.105. The zero-order valence-electron chi connectivity index (χ0n) is 10.2. The molecule has 3 nitrogen and oxygen atoms in total. The van der Waals surface area contributed by atoms with Crippen LogP contribution in [0.3, 0.4) is 0 Å². The number of amides is 1. The van der Waals surface area contributed by atoms with E-state index in [4.69, 9.17) is 5.26 Å². The minimum atomic E-state index is 0.105. The highest BCUT2D eigenvalue weighted by Crippen LogP contribution is 2.15. The van der Waals surface area contributed by atoms with Crippen LogP contribution >= 0.6 is 0 Å². The number of rotatable bonds is 6. The lowest BCUT2D eigenvalue weighted by Crippen LogP contribution is -2.31. The summed E-state index contributed by atoms with van der Waals surface area (Å²) >= 11 is 0. The van der Waals surface area contributed by atoms with Gasteiger partial charge in [-0.1, -0.05) is 31.5 Å². The van der Waals surface area contributed by atoms with Crippen LogP contribution < -0.4 is 4.90 Å². The Morgan fingerprint density at radius 3 is 2.65 bits per heavy atom. The summed E-state index contributed by atoms with van der Waals surface area (Å²) in [5, 5.41) is 8.63. The average molecular weight is 230 g/mol. The first-order valence-corrected chi connectivity index (χ1v) is 6.02. The van der Waals surface area contributed by atoms with Crippen molar-refractivity contribution in [3.8, 4) is 6.07 Å². The van der Waals surface area contributed by atoms with Crippen LogP contribution in [0, 0.1) is 11.3 Å². The molecule has 1 amide bonds. The van der Waals surface area contributed by atoms with Gasteiger partial charge in [-0.2, -0.15) is 5.26 Å². The van der Waals surface area contributed by atoms with Crippen LogP contribution in [-0.2, 0) is 4.79 Å². The highest BCUT2D eigenvalue weighted by atomic mass is 16.2. The van der Waals surface area contributed by atoms with Crippen molar-refractivity contribution in [2.24, 2.45) is 0 Å². The first-order chi connectivity index (χ1) is 8.29. The molecular weight excluding hydrogens is 212 g/mol. The van der Waals surface area contributed by atoms with E-state index < -0.39 is 0 Å². The topological polar surface area (TPSA) is 44.1 Å². The van der Waals surface area contributed by atoms with E-state index in [1.54, 1.807) is 4.90 Å². The number of para-hydroxylation sites is 1. The number of hydrogen-bond acceptors (Lipinski definition) is 2. The molecule has 3 heteroatoms. The Hall–Kier alpha value is -1.82. The molecule has 0 radical (unpaired) electrons. The standard InChI is InChI=1S/C14H18N2O/c1-2-3-10-14(17)16(12-7-11-15)13-8-5-4-6-9-13/h4-6,8-9H,2-3,7,10,12H2,1H3. The quantitative estimate of drug-likeness (QED) is 0.753. The van der Waals surface area contributed by atoms with E-state index in [1.165, 1.54) is 0 Å². The molecular formula is C14H18N2O. The zero-order chi connectivity index (χ0) is 12.5. The predicted octanol–water partition coefficient (Wildman–Crippen LogP) is 3.12. The van der Waals surface area contributed by atoms with Crippen LogP contribution in [0.15, 0.2) is 30.3 Å². The largest absolute Gasteiger partial charge is 0.311 e. The van der Waals surface area contributed by atoms with Gasteiger partial charge in [0, 0.05) is 18.7 Å². The summed E-state index contributed by atoms with van der Waals surface area (Å²) in [6, 6.07) is 11.6. The van der Waals surface area contributed by atoms with E-state index in [9.17, 15) is 4.79 Å². The maximum atomic E-state index is 12.0. The van der Waals surface area contributed by atoms with Crippen LogP contribution in [0.1, 0.15) is 32.6 Å². The Labute approximate surface area is 103 Å². The van der Waals surface area contributed by atoms with Crippen molar-refractivity contribution in [2.75, 3.05) is 11.4 Å². The lowest BCUT2D eigenvalue weighted by atomic mass is 10.2. The minimum Gasteiger partial charge on any atom is -0.311 e. The van der Waals surface area contributed by atoms with E-state index in [-0.39, 0.29) is 5.91 Å². The van der Waals surface area contributed by atoms with Gasteiger partial charge in [-0.05, 0) is 18.6 Å². The molecule has 0 saturated carbocycles. The SMILES string of the molecule is CCCCC(=O)N(CCC#N)c1ccccc1. The second-order valence-electron chi connectivity index (χ2n) is 3.89. The van der Waals surface area contributed by atoms with Gasteiger partial charge in [0.2, 0.25) is 5.91 Å². The van der Waals surface area contributed by atoms with Crippen LogP contribution in [-0.4, -0.2) is 12.5 Å². The first kappa shape index (κ1) is 13.2. The lowest BCUT2D eigenvalue weighted by molar-refractivity contribution is -0.118. The van der Waals surface area contributed by atoms with E-state index in [1.807, 2.05) is 30.3 Å². The molecule has 0 heterocycles. The van der Waals surface area contributed by atoms with Gasteiger partial charge in [0.05, 0.1) is 12.5 Å². The van der Waals surface area contributed by atoms with Gasteiger partial charge >= 0.3 is 0 Å². The highest BCUT2D eigenvalue weighted by molar-refractivity contribution is 5.93. The molecule has 1 aromatic rings. The molecule has 90 valence electrons. The number of nitrogens with zero attached hydrogens (tertiary/aromatic N) is 2. The monoisotopic (exact) mass is 230 g/mol. The van der Waals surface area contributed by atoms with E-state index in [0.29, 0.717) is 19.4 Å². The van der Waals surface area contributed by atoms with Crippen LogP contribution in [0.4, 0.5) is 5.69 Å². The van der Waals surface area contributed by atoms with Gasteiger partial charge in [0.1, 0.15) is 0 Å². The predicted molar refractivity (Wildman–Crippen MR) is 68.6 cm³/mol. The van der Waals surface area contributed by atoms with Crippen LogP contribution in [0.5, 0.6) is 0 Å². The number of anilines is 1. The maximum absolute atomic E-state index is 12.0. The Morgan fingerprint density at radius 1 is 1.35 bits per heavy atom. The molecule has 0 unspecified atom stereocenters. The molecule has 0 atom stereocenters. The minimum absolute atomic E-state index is 0.105. The molecule has 0 aromatic heterocycles. The summed E-state index contributed by atoms with van der Waals surface area (Å²) in [6.45, 7) is 2.54. The third-order valence-corrected chi connectivity index (χ3v) is 2.56. The van der Waals surface area contributed by atoms with Gasteiger partial charge in [-0.15, -0.1) is 0 Å². The Morgan fingerprint density at radius 2 is 2.06 bits per heavy atom. The first-order valence-electron chi connectivity index (χ1n) is 6.02. The van der Waals surface area contributed by atoms with E-state index in [0.717, 1.165) is 18.5 Å². The molecule has 0 aliphatic carbocycles. The number of carbonyl (C=O) groups excluding carboxylic acids is 1. The molecule has 17 heavy (non-hydrogen) atoms. The lowest BCUT2D eigenvalue weighted by Gasteiger charge is -2.21. The third-order valence-electron chi connectivity index (χ3n) is 2.56. The summed E-state index contributed by atoms with van der Waals surface area (Å²) in [6.07, 6.45) is 2.82. The van der Waals surface area contributed by atoms with Crippen molar-refractivity contribution >= 4 is 11.6 Å². The fraction of sp³-hybridized carbons (Fsp3) is 0.429. The molecule has 1 aromatic carbocycles. The van der Waals surface area contributed by atoms with Crippen molar-refractivity contribution in [3.63, 3.8) is 0 Å².